The van der Waals surface area contributed by atoms with Gasteiger partial charge in [-0.05, 0) is 31.4 Å². The number of hydrogen-bond donors (Lipinski definition) is 2. The number of amides is 1. The summed E-state index contributed by atoms with van der Waals surface area (Å²) in [6.07, 6.45) is 3.01. The maximum Gasteiger partial charge on any atom is 0.237 e. The molecule has 112 valence electrons. The van der Waals surface area contributed by atoms with Crippen LogP contribution in [-0.2, 0) is 17.9 Å². The largest absolute Gasteiger partial charge is 0.355 e. The van der Waals surface area contributed by atoms with E-state index in [9.17, 15) is 4.79 Å². The molecular weight excluding hydrogens is 264 g/mol. The van der Waals surface area contributed by atoms with Crippen LogP contribution in [0.3, 0.4) is 0 Å². The number of carbonyl (C=O) groups is 1. The van der Waals surface area contributed by atoms with Gasteiger partial charge in [-0.3, -0.25) is 10.1 Å². The van der Waals surface area contributed by atoms with E-state index in [0.29, 0.717) is 6.54 Å². The summed E-state index contributed by atoms with van der Waals surface area (Å²) in [4.78, 5) is 16.5. The molecule has 2 aromatic rings. The first-order valence-corrected chi connectivity index (χ1v) is 7.75. The van der Waals surface area contributed by atoms with Gasteiger partial charge in [0.2, 0.25) is 5.91 Å². The van der Waals surface area contributed by atoms with E-state index in [1.165, 1.54) is 5.52 Å². The van der Waals surface area contributed by atoms with Crippen molar-refractivity contribution in [2.45, 2.75) is 45.3 Å². The van der Waals surface area contributed by atoms with E-state index in [1.807, 2.05) is 18.2 Å². The molecule has 0 bridgehead atoms. The molecular formula is C16H22N4O. The van der Waals surface area contributed by atoms with Crippen molar-refractivity contribution in [3.05, 3.63) is 30.1 Å². The van der Waals surface area contributed by atoms with Gasteiger partial charge in [0.1, 0.15) is 5.82 Å². The number of aromatic nitrogens is 2. The molecule has 0 radical (unpaired) electrons. The normalized spacial score (nSPS) is 18.9. The SMILES string of the molecule is CCCn1c(CNC2CCCNC2=O)nc2ccccc21. The van der Waals surface area contributed by atoms with Crippen molar-refractivity contribution in [2.24, 2.45) is 0 Å². The van der Waals surface area contributed by atoms with Gasteiger partial charge in [0.15, 0.2) is 0 Å². The number of nitrogens with zero attached hydrogens (tertiary/aromatic N) is 2. The Morgan fingerprint density at radius 3 is 3.10 bits per heavy atom. The molecule has 0 aliphatic carbocycles. The van der Waals surface area contributed by atoms with Crippen LogP contribution in [0.15, 0.2) is 24.3 Å². The highest BCUT2D eigenvalue weighted by molar-refractivity contribution is 5.82. The second-order valence-corrected chi connectivity index (χ2v) is 5.54. The topological polar surface area (TPSA) is 59.0 Å². The summed E-state index contributed by atoms with van der Waals surface area (Å²) in [5.74, 6) is 1.12. The van der Waals surface area contributed by atoms with Gasteiger partial charge >= 0.3 is 0 Å². The number of carbonyl (C=O) groups excluding carboxylic acids is 1. The van der Waals surface area contributed by atoms with Crippen molar-refractivity contribution < 1.29 is 4.79 Å². The third-order valence-corrected chi connectivity index (χ3v) is 3.97. The predicted molar refractivity (Wildman–Crippen MR) is 82.9 cm³/mol. The van der Waals surface area contributed by atoms with E-state index in [-0.39, 0.29) is 11.9 Å². The minimum absolute atomic E-state index is 0.0892. The molecule has 1 amide bonds. The lowest BCUT2D eigenvalue weighted by Crippen LogP contribution is -2.48. The minimum Gasteiger partial charge on any atom is -0.355 e. The van der Waals surface area contributed by atoms with Gasteiger partial charge in [-0.25, -0.2) is 4.98 Å². The second kappa shape index (κ2) is 6.26. The fraction of sp³-hybridized carbons (Fsp3) is 0.500. The monoisotopic (exact) mass is 286 g/mol. The smallest absolute Gasteiger partial charge is 0.237 e. The number of rotatable bonds is 5. The molecule has 2 heterocycles. The molecule has 1 fully saturated rings. The Kier molecular flexibility index (Phi) is 4.20. The third-order valence-electron chi connectivity index (χ3n) is 3.97. The average Bonchev–Trinajstić information content (AvgIpc) is 2.85. The Labute approximate surface area is 124 Å². The van der Waals surface area contributed by atoms with Crippen LogP contribution in [0.5, 0.6) is 0 Å². The number of para-hydroxylation sites is 2. The van der Waals surface area contributed by atoms with E-state index < -0.39 is 0 Å². The molecule has 2 N–H and O–H groups in total. The van der Waals surface area contributed by atoms with Crippen molar-refractivity contribution in [1.29, 1.82) is 0 Å². The lowest BCUT2D eigenvalue weighted by molar-refractivity contribution is -0.124. The van der Waals surface area contributed by atoms with Crippen molar-refractivity contribution in [3.8, 4) is 0 Å². The Morgan fingerprint density at radius 1 is 1.43 bits per heavy atom. The first-order valence-electron chi connectivity index (χ1n) is 7.75. The zero-order valence-corrected chi connectivity index (χ0v) is 12.4. The first-order chi connectivity index (χ1) is 10.3. The quantitative estimate of drug-likeness (QED) is 0.881. The van der Waals surface area contributed by atoms with E-state index in [2.05, 4.69) is 28.2 Å². The highest BCUT2D eigenvalue weighted by Crippen LogP contribution is 2.17. The molecule has 0 saturated carbocycles. The number of benzene rings is 1. The summed E-state index contributed by atoms with van der Waals surface area (Å²) in [5.41, 5.74) is 2.19. The summed E-state index contributed by atoms with van der Waals surface area (Å²) >= 11 is 0. The average molecular weight is 286 g/mol. The van der Waals surface area contributed by atoms with Gasteiger partial charge in [0, 0.05) is 13.1 Å². The molecule has 5 nitrogen and oxygen atoms in total. The zero-order chi connectivity index (χ0) is 14.7. The van der Waals surface area contributed by atoms with Crippen molar-refractivity contribution >= 4 is 16.9 Å². The standard InChI is InChI=1S/C16H22N4O/c1-2-10-20-14-8-4-3-6-12(14)19-15(20)11-18-13-7-5-9-17-16(13)21/h3-4,6,8,13,18H,2,5,7,9-11H2,1H3,(H,17,21). The highest BCUT2D eigenvalue weighted by Gasteiger charge is 2.22. The maximum absolute atomic E-state index is 11.8. The van der Waals surface area contributed by atoms with Gasteiger partial charge in [0.25, 0.3) is 0 Å². The molecule has 3 rings (SSSR count). The van der Waals surface area contributed by atoms with Crippen molar-refractivity contribution in [1.82, 2.24) is 20.2 Å². The highest BCUT2D eigenvalue weighted by atomic mass is 16.2. The molecule has 1 atom stereocenters. The summed E-state index contributed by atoms with van der Waals surface area (Å²) in [5, 5.41) is 6.26. The Balaban J connectivity index is 1.79. The maximum atomic E-state index is 11.8. The predicted octanol–water partition coefficient (Wildman–Crippen LogP) is 1.81. The minimum atomic E-state index is -0.0892. The summed E-state index contributed by atoms with van der Waals surface area (Å²) in [6, 6.07) is 8.11. The Bertz CT molecular complexity index is 634. The molecule has 21 heavy (non-hydrogen) atoms. The van der Waals surface area contributed by atoms with Crippen LogP contribution in [0, 0.1) is 0 Å². The second-order valence-electron chi connectivity index (χ2n) is 5.54. The van der Waals surface area contributed by atoms with Crippen molar-refractivity contribution in [3.63, 3.8) is 0 Å². The van der Waals surface area contributed by atoms with Crippen LogP contribution in [0.2, 0.25) is 0 Å². The van der Waals surface area contributed by atoms with E-state index >= 15 is 0 Å². The van der Waals surface area contributed by atoms with E-state index in [1.54, 1.807) is 0 Å². The lowest BCUT2D eigenvalue weighted by atomic mass is 10.1. The Morgan fingerprint density at radius 2 is 2.29 bits per heavy atom. The lowest BCUT2D eigenvalue weighted by Gasteiger charge is -2.22. The number of fused-ring (bicyclic) bond motifs is 1. The summed E-state index contributed by atoms with van der Waals surface area (Å²) in [6.45, 7) is 4.55. The molecule has 1 aliphatic rings. The Hall–Kier alpha value is -1.88. The van der Waals surface area contributed by atoms with Gasteiger partial charge in [0.05, 0.1) is 23.6 Å². The molecule has 1 unspecified atom stereocenters. The molecule has 1 aliphatic heterocycles. The van der Waals surface area contributed by atoms with Gasteiger partial charge in [-0.1, -0.05) is 19.1 Å². The third kappa shape index (κ3) is 2.93. The van der Waals surface area contributed by atoms with Crippen LogP contribution in [0.4, 0.5) is 0 Å². The van der Waals surface area contributed by atoms with Crippen LogP contribution in [-0.4, -0.2) is 28.0 Å². The summed E-state index contributed by atoms with van der Waals surface area (Å²) < 4.78 is 2.25. The number of imidazole rings is 1. The molecule has 1 aromatic heterocycles. The molecule has 1 saturated heterocycles. The van der Waals surface area contributed by atoms with E-state index in [0.717, 1.165) is 43.7 Å². The van der Waals surface area contributed by atoms with Crippen LogP contribution >= 0.6 is 0 Å². The van der Waals surface area contributed by atoms with Crippen LogP contribution in [0.1, 0.15) is 32.0 Å². The first kappa shape index (κ1) is 14.1. The van der Waals surface area contributed by atoms with E-state index in [4.69, 9.17) is 4.98 Å². The van der Waals surface area contributed by atoms with Crippen LogP contribution in [0.25, 0.3) is 11.0 Å². The van der Waals surface area contributed by atoms with Crippen molar-refractivity contribution in [2.75, 3.05) is 6.54 Å². The number of piperidine rings is 1. The van der Waals surface area contributed by atoms with Gasteiger partial charge < -0.3 is 9.88 Å². The number of nitrogens with one attached hydrogen (secondary N) is 2. The molecule has 1 aromatic carbocycles. The van der Waals surface area contributed by atoms with Gasteiger partial charge in [-0.15, -0.1) is 0 Å². The fourth-order valence-electron chi connectivity index (χ4n) is 2.91. The van der Waals surface area contributed by atoms with Crippen LogP contribution < -0.4 is 10.6 Å². The number of aryl methyl sites for hydroxylation is 1. The number of hydrogen-bond acceptors (Lipinski definition) is 3. The fourth-order valence-corrected chi connectivity index (χ4v) is 2.91. The molecule has 0 spiro atoms. The molecule has 5 heteroatoms. The zero-order valence-electron chi connectivity index (χ0n) is 12.4. The van der Waals surface area contributed by atoms with Gasteiger partial charge in [-0.2, -0.15) is 0 Å². The summed E-state index contributed by atoms with van der Waals surface area (Å²) in [7, 11) is 0.